The first-order valence-electron chi connectivity index (χ1n) is 11.9. The Hall–Kier alpha value is -3.20. The number of nitrogens with one attached hydrogen (secondary N) is 1. The van der Waals surface area contributed by atoms with Crippen LogP contribution in [0.25, 0.3) is 0 Å². The van der Waals surface area contributed by atoms with E-state index in [0.29, 0.717) is 38.3 Å². The molecule has 35 heavy (non-hydrogen) atoms. The van der Waals surface area contributed by atoms with Crippen LogP contribution in [0.4, 0.5) is 14.6 Å². The number of allylic oxidation sites excluding steroid dienone is 1. The molecule has 3 rings (SSSR count). The molecule has 0 saturated heterocycles. The maximum Gasteiger partial charge on any atom is 0.324 e. The highest BCUT2D eigenvalue weighted by Crippen LogP contribution is 2.39. The van der Waals surface area contributed by atoms with Crippen molar-refractivity contribution in [1.82, 2.24) is 14.7 Å². The monoisotopic (exact) mass is 502 g/mol. The first-order valence-corrected chi connectivity index (χ1v) is 12.8. The van der Waals surface area contributed by atoms with Crippen molar-refractivity contribution in [2.24, 2.45) is 0 Å². The fourth-order valence-corrected chi connectivity index (χ4v) is 4.94. The molecule has 0 saturated carbocycles. The van der Waals surface area contributed by atoms with Crippen molar-refractivity contribution >= 4 is 28.4 Å². The zero-order valence-electron chi connectivity index (χ0n) is 21.5. The number of nitrogens with zero attached hydrogens (tertiary/aromatic N) is 3. The Balaban J connectivity index is 0.00000456. The first kappa shape index (κ1) is 26.4. The Bertz CT molecular complexity index is 1060. The van der Waals surface area contributed by atoms with Gasteiger partial charge in [-0.05, 0) is 43.0 Å². The van der Waals surface area contributed by atoms with Crippen molar-refractivity contribution in [2.75, 3.05) is 46.2 Å². The number of carbonyl (C=O) groups is 2. The van der Waals surface area contributed by atoms with Gasteiger partial charge >= 0.3 is 12.1 Å². The molecule has 0 aliphatic carbocycles. The molecule has 0 spiro atoms. The fourth-order valence-electron chi connectivity index (χ4n) is 4.33. The zero-order chi connectivity index (χ0) is 25.5. The molecule has 1 aromatic heterocycles. The molecular formula is C26H38N4O4S. The molecule has 1 N–H and O–H groups in total. The minimum absolute atomic E-state index is 0. The second kappa shape index (κ2) is 12.0. The van der Waals surface area contributed by atoms with Gasteiger partial charge < -0.3 is 19.3 Å². The number of urea groups is 2. The second-order valence-electron chi connectivity index (χ2n) is 8.47. The molecular weight excluding hydrogens is 464 g/mol. The number of rotatable bonds is 8. The Morgan fingerprint density at radius 2 is 1.97 bits per heavy atom. The summed E-state index contributed by atoms with van der Waals surface area (Å²) in [6.07, 6.45) is 2.66. The van der Waals surface area contributed by atoms with Crippen molar-refractivity contribution in [1.29, 1.82) is 0 Å². The third kappa shape index (κ3) is 6.08. The molecule has 1 aliphatic rings. The van der Waals surface area contributed by atoms with Gasteiger partial charge in [-0.1, -0.05) is 13.0 Å². The highest BCUT2D eigenvalue weighted by atomic mass is 32.1. The number of benzene rings is 1. The number of hydrogen-bond donors (Lipinski definition) is 1. The summed E-state index contributed by atoms with van der Waals surface area (Å²) in [4.78, 5) is 31.5. The lowest BCUT2D eigenvalue weighted by atomic mass is 9.94. The van der Waals surface area contributed by atoms with E-state index in [-0.39, 0.29) is 19.4 Å². The molecule has 9 heteroatoms. The Kier molecular flexibility index (Phi) is 9.03. The number of carbonyl (C=O) groups excluding carboxylic acids is 2. The number of fused-ring (bicyclic) bond motifs is 1. The molecule has 0 bridgehead atoms. The first-order chi connectivity index (χ1) is 16.8. The van der Waals surface area contributed by atoms with Crippen LogP contribution in [0.3, 0.4) is 0 Å². The van der Waals surface area contributed by atoms with Gasteiger partial charge in [0.15, 0.2) is 0 Å². The lowest BCUT2D eigenvalue weighted by Crippen LogP contribution is -2.42. The average Bonchev–Trinajstić information content (AvgIpc) is 3.32. The average molecular weight is 503 g/mol. The van der Waals surface area contributed by atoms with Gasteiger partial charge in [0, 0.05) is 57.8 Å². The molecule has 1 aromatic carbocycles. The molecule has 192 valence electrons. The van der Waals surface area contributed by atoms with Crippen LogP contribution >= 0.6 is 11.3 Å². The van der Waals surface area contributed by atoms with Gasteiger partial charge in [-0.3, -0.25) is 10.2 Å². The maximum absolute atomic E-state index is 13.6. The van der Waals surface area contributed by atoms with Crippen LogP contribution in [0, 0.1) is 0 Å². The van der Waals surface area contributed by atoms with E-state index in [1.54, 1.807) is 26.2 Å². The smallest absolute Gasteiger partial charge is 0.324 e. The third-order valence-electron chi connectivity index (χ3n) is 6.30. The van der Waals surface area contributed by atoms with Crippen LogP contribution in [0.5, 0.6) is 11.5 Å². The minimum Gasteiger partial charge on any atom is -0.497 e. The largest absolute Gasteiger partial charge is 0.497 e. The maximum atomic E-state index is 13.6. The standard InChI is InChI=1S/C26H36N4O4S.H2/c1-7-29(8-2)26(32)30-17-19-15-21(33-5)16-22(34-6)24(19)18(3)14-20(30)11-12-28(4)25(31)27-23-10-9-13-35-23;/h9-10,13-16,18H,7-8,11-12,17H2,1-6H3,(H,27,31);1H/t18-;/m0./s1. The van der Waals surface area contributed by atoms with Crippen LogP contribution in [-0.2, 0) is 6.54 Å². The number of amides is 4. The summed E-state index contributed by atoms with van der Waals surface area (Å²) in [5.74, 6) is 1.45. The molecule has 0 unspecified atom stereocenters. The molecule has 2 aromatic rings. The van der Waals surface area contributed by atoms with Crippen LogP contribution < -0.4 is 14.8 Å². The summed E-state index contributed by atoms with van der Waals surface area (Å²) in [7, 11) is 5.04. The van der Waals surface area contributed by atoms with Crippen molar-refractivity contribution in [3.63, 3.8) is 0 Å². The van der Waals surface area contributed by atoms with Crippen molar-refractivity contribution in [3.8, 4) is 11.5 Å². The molecule has 2 heterocycles. The van der Waals surface area contributed by atoms with E-state index >= 15 is 0 Å². The lowest BCUT2D eigenvalue weighted by Gasteiger charge is -2.31. The van der Waals surface area contributed by atoms with Gasteiger partial charge in [0.2, 0.25) is 0 Å². The van der Waals surface area contributed by atoms with E-state index in [0.717, 1.165) is 27.6 Å². The Labute approximate surface area is 213 Å². The summed E-state index contributed by atoms with van der Waals surface area (Å²) < 4.78 is 11.2. The van der Waals surface area contributed by atoms with Gasteiger partial charge in [0.25, 0.3) is 0 Å². The quantitative estimate of drug-likeness (QED) is 0.493. The molecule has 8 nitrogen and oxygen atoms in total. The summed E-state index contributed by atoms with van der Waals surface area (Å²) in [6, 6.07) is 7.41. The normalized spacial score (nSPS) is 15.0. The summed E-state index contributed by atoms with van der Waals surface area (Å²) in [5.41, 5.74) is 2.93. The minimum atomic E-state index is -0.175. The molecule has 4 amide bonds. The lowest BCUT2D eigenvalue weighted by molar-refractivity contribution is 0.165. The summed E-state index contributed by atoms with van der Waals surface area (Å²) in [5, 5.41) is 5.64. The summed E-state index contributed by atoms with van der Waals surface area (Å²) in [6.45, 7) is 8.17. The van der Waals surface area contributed by atoms with Crippen LogP contribution in [0.2, 0.25) is 0 Å². The number of methoxy groups -OCH3 is 2. The van der Waals surface area contributed by atoms with E-state index in [1.807, 2.05) is 53.3 Å². The van der Waals surface area contributed by atoms with E-state index in [1.165, 1.54) is 11.3 Å². The van der Waals surface area contributed by atoms with E-state index < -0.39 is 0 Å². The predicted molar refractivity (Wildman–Crippen MR) is 143 cm³/mol. The molecule has 0 fully saturated rings. The van der Waals surface area contributed by atoms with E-state index in [4.69, 9.17) is 9.47 Å². The van der Waals surface area contributed by atoms with Gasteiger partial charge in [-0.15, -0.1) is 11.3 Å². The summed E-state index contributed by atoms with van der Waals surface area (Å²) >= 11 is 1.48. The van der Waals surface area contributed by atoms with Gasteiger partial charge in [-0.2, -0.15) is 0 Å². The molecule has 0 radical (unpaired) electrons. The predicted octanol–water partition coefficient (Wildman–Crippen LogP) is 5.83. The van der Waals surface area contributed by atoms with E-state index in [2.05, 4.69) is 18.3 Å². The molecule has 1 aliphatic heterocycles. The Morgan fingerprint density at radius 1 is 1.23 bits per heavy atom. The van der Waals surface area contributed by atoms with Gasteiger partial charge in [-0.25, -0.2) is 9.59 Å². The topological polar surface area (TPSA) is 74.4 Å². The van der Waals surface area contributed by atoms with Crippen molar-refractivity contribution < 1.29 is 20.5 Å². The fraction of sp³-hybridized carbons (Fsp3) is 0.462. The zero-order valence-corrected chi connectivity index (χ0v) is 22.3. The van der Waals surface area contributed by atoms with Crippen LogP contribution in [0.15, 0.2) is 41.4 Å². The third-order valence-corrected chi connectivity index (χ3v) is 7.08. The van der Waals surface area contributed by atoms with Gasteiger partial charge in [0.05, 0.1) is 25.8 Å². The van der Waals surface area contributed by atoms with Crippen LogP contribution in [0.1, 0.15) is 45.7 Å². The number of ether oxygens (including phenoxy) is 2. The van der Waals surface area contributed by atoms with Gasteiger partial charge in [0.1, 0.15) is 11.5 Å². The highest BCUT2D eigenvalue weighted by molar-refractivity contribution is 7.14. The SMILES string of the molecule is CCN(CC)C(=O)N1Cc2cc(OC)cc(OC)c2[C@@H](C)C=C1CCN(C)C(=O)Nc1cccs1.[HH]. The van der Waals surface area contributed by atoms with Crippen molar-refractivity contribution in [2.45, 2.75) is 39.7 Å². The van der Waals surface area contributed by atoms with Crippen LogP contribution in [-0.4, -0.2) is 67.7 Å². The number of anilines is 1. The second-order valence-corrected chi connectivity index (χ2v) is 9.42. The number of thiophene rings is 1. The Morgan fingerprint density at radius 3 is 2.57 bits per heavy atom. The number of hydrogen-bond acceptors (Lipinski definition) is 5. The van der Waals surface area contributed by atoms with Crippen molar-refractivity contribution in [3.05, 3.63) is 52.5 Å². The highest BCUT2D eigenvalue weighted by Gasteiger charge is 2.30. The molecule has 1 atom stereocenters. The van der Waals surface area contributed by atoms with E-state index in [9.17, 15) is 9.59 Å².